The maximum absolute atomic E-state index is 13.9. The molecule has 0 spiro atoms. The summed E-state index contributed by atoms with van der Waals surface area (Å²) in [6.45, 7) is 7.17. The lowest BCUT2D eigenvalue weighted by molar-refractivity contribution is 0.0972. The number of nitrogens with zero attached hydrogens (tertiary/aromatic N) is 2. The van der Waals surface area contributed by atoms with Gasteiger partial charge in [0.25, 0.3) is 5.91 Å². The lowest BCUT2D eigenvalue weighted by Gasteiger charge is -2.27. The first kappa shape index (κ1) is 25.7. The van der Waals surface area contributed by atoms with E-state index in [-0.39, 0.29) is 17.1 Å². The van der Waals surface area contributed by atoms with Gasteiger partial charge in [-0.1, -0.05) is 62.4 Å². The molecule has 5 heteroatoms. The van der Waals surface area contributed by atoms with Crippen LogP contribution in [0.1, 0.15) is 75.7 Å². The summed E-state index contributed by atoms with van der Waals surface area (Å²) in [4.78, 5) is 35.5. The van der Waals surface area contributed by atoms with Crippen LogP contribution in [0.4, 0.5) is 5.69 Å². The Hall–Kier alpha value is -3.57. The van der Waals surface area contributed by atoms with E-state index in [1.54, 1.807) is 11.3 Å². The van der Waals surface area contributed by atoms with Crippen molar-refractivity contribution in [3.8, 4) is 10.4 Å². The van der Waals surface area contributed by atoms with E-state index < -0.39 is 0 Å². The van der Waals surface area contributed by atoms with Crippen LogP contribution in [0.15, 0.2) is 72.8 Å². The maximum atomic E-state index is 13.9. The van der Waals surface area contributed by atoms with Gasteiger partial charge in [-0.05, 0) is 84.9 Å². The van der Waals surface area contributed by atoms with Crippen molar-refractivity contribution in [2.75, 3.05) is 11.4 Å². The molecule has 3 heterocycles. The first-order valence-electron chi connectivity index (χ1n) is 13.9. The summed E-state index contributed by atoms with van der Waals surface area (Å²) in [6, 6.07) is 24.4. The van der Waals surface area contributed by atoms with Gasteiger partial charge in [-0.2, -0.15) is 0 Å². The van der Waals surface area contributed by atoms with Gasteiger partial charge >= 0.3 is 0 Å². The molecule has 0 N–H and O–H groups in total. The highest BCUT2D eigenvalue weighted by atomic mass is 32.1. The van der Waals surface area contributed by atoms with Gasteiger partial charge in [0.2, 0.25) is 0 Å². The summed E-state index contributed by atoms with van der Waals surface area (Å²) in [5, 5.41) is 0. The molecule has 1 aliphatic carbocycles. The van der Waals surface area contributed by atoms with Gasteiger partial charge in [0.15, 0.2) is 5.78 Å². The number of ketones is 1. The zero-order chi connectivity index (χ0) is 27.1. The van der Waals surface area contributed by atoms with E-state index in [4.69, 9.17) is 4.98 Å². The Labute approximate surface area is 234 Å². The molecule has 1 amide bonds. The zero-order valence-corrected chi connectivity index (χ0v) is 23.7. The number of aryl methyl sites for hydroxylation is 1. The van der Waals surface area contributed by atoms with E-state index in [2.05, 4.69) is 57.2 Å². The number of rotatable bonds is 7. The standard InChI is InChI=1S/C34H34N2O2S/c1-22-9-4-6-12-27(22)34(2,3)21-25-10-8-13-28(35-25)33(38)36-18-17-24-20-31(30(37)19-23-15-16-23)39-32(24)26-11-5-7-14-29(26)36/h4-14,20,23H,15-19,21H2,1-3H3. The highest BCUT2D eigenvalue weighted by Crippen LogP contribution is 2.43. The van der Waals surface area contributed by atoms with Gasteiger partial charge < -0.3 is 4.90 Å². The zero-order valence-electron chi connectivity index (χ0n) is 22.9. The second-order valence-corrected chi connectivity index (χ2v) is 12.7. The minimum absolute atomic E-state index is 0.0850. The van der Waals surface area contributed by atoms with Crippen molar-refractivity contribution in [1.82, 2.24) is 4.98 Å². The smallest absolute Gasteiger partial charge is 0.276 e. The number of pyridine rings is 1. The largest absolute Gasteiger partial charge is 0.306 e. The van der Waals surface area contributed by atoms with Crippen molar-refractivity contribution < 1.29 is 9.59 Å². The molecule has 2 aromatic carbocycles. The van der Waals surface area contributed by atoms with Crippen LogP contribution in [0, 0.1) is 12.8 Å². The minimum atomic E-state index is -0.113. The highest BCUT2D eigenvalue weighted by Gasteiger charge is 2.30. The van der Waals surface area contributed by atoms with Crippen LogP contribution in [0.2, 0.25) is 0 Å². The highest BCUT2D eigenvalue weighted by molar-refractivity contribution is 7.17. The number of aromatic nitrogens is 1. The normalized spacial score (nSPS) is 14.9. The molecule has 2 aliphatic rings. The van der Waals surface area contributed by atoms with E-state index in [9.17, 15) is 9.59 Å². The predicted octanol–water partition coefficient (Wildman–Crippen LogP) is 7.82. The minimum Gasteiger partial charge on any atom is -0.306 e. The van der Waals surface area contributed by atoms with Crippen molar-refractivity contribution in [1.29, 1.82) is 0 Å². The first-order valence-corrected chi connectivity index (χ1v) is 14.7. The Bertz CT molecular complexity index is 1560. The quantitative estimate of drug-likeness (QED) is 0.227. The molecule has 0 bridgehead atoms. The number of carbonyl (C=O) groups is 2. The van der Waals surface area contributed by atoms with Crippen molar-refractivity contribution >= 4 is 28.7 Å². The van der Waals surface area contributed by atoms with Gasteiger partial charge in [-0.3, -0.25) is 9.59 Å². The number of anilines is 1. The second kappa shape index (κ2) is 10.2. The molecule has 198 valence electrons. The number of thiophene rings is 1. The monoisotopic (exact) mass is 534 g/mol. The van der Waals surface area contributed by atoms with Crippen LogP contribution < -0.4 is 4.90 Å². The summed E-state index contributed by atoms with van der Waals surface area (Å²) in [5.74, 6) is 0.749. The Kier molecular flexibility index (Phi) is 6.72. The molecule has 4 aromatic rings. The van der Waals surface area contributed by atoms with E-state index in [1.165, 1.54) is 24.0 Å². The molecular formula is C34H34N2O2S. The third-order valence-electron chi connectivity index (χ3n) is 8.07. The van der Waals surface area contributed by atoms with Gasteiger partial charge in [0.1, 0.15) is 5.69 Å². The Morgan fingerprint density at radius 1 is 1.00 bits per heavy atom. The first-order chi connectivity index (χ1) is 18.8. The van der Waals surface area contributed by atoms with Gasteiger partial charge in [0.05, 0.1) is 10.6 Å². The number of fused-ring (bicyclic) bond motifs is 3. The summed E-state index contributed by atoms with van der Waals surface area (Å²) < 4.78 is 0. The molecule has 1 aliphatic heterocycles. The number of carbonyl (C=O) groups excluding carboxylic acids is 2. The molecule has 0 saturated heterocycles. The van der Waals surface area contributed by atoms with Gasteiger partial charge in [-0.25, -0.2) is 4.98 Å². The van der Waals surface area contributed by atoms with E-state index >= 15 is 0 Å². The fraction of sp³-hybridized carbons (Fsp3) is 0.324. The topological polar surface area (TPSA) is 50.3 Å². The fourth-order valence-electron chi connectivity index (χ4n) is 5.84. The van der Waals surface area contributed by atoms with Gasteiger partial charge in [0, 0.05) is 29.1 Å². The number of hydrogen-bond donors (Lipinski definition) is 0. The molecule has 0 unspecified atom stereocenters. The fourth-order valence-corrected chi connectivity index (χ4v) is 7.04. The van der Waals surface area contributed by atoms with Crippen molar-refractivity contribution in [2.24, 2.45) is 5.92 Å². The number of benzene rings is 2. The number of Topliss-reactive ketones (excluding diaryl/α,β-unsaturated/α-hetero) is 1. The Morgan fingerprint density at radius 2 is 1.77 bits per heavy atom. The summed E-state index contributed by atoms with van der Waals surface area (Å²) in [6.07, 6.45) is 4.46. The van der Waals surface area contributed by atoms with E-state index in [0.29, 0.717) is 31.0 Å². The van der Waals surface area contributed by atoms with Gasteiger partial charge in [-0.15, -0.1) is 11.3 Å². The van der Waals surface area contributed by atoms with Crippen LogP contribution in [0.3, 0.4) is 0 Å². The van der Waals surface area contributed by atoms with Crippen molar-refractivity contribution in [3.05, 3.63) is 106 Å². The molecule has 1 fully saturated rings. The Morgan fingerprint density at radius 3 is 2.56 bits per heavy atom. The Balaban J connectivity index is 1.28. The third kappa shape index (κ3) is 5.20. The lowest BCUT2D eigenvalue weighted by atomic mass is 9.78. The van der Waals surface area contributed by atoms with E-state index in [0.717, 1.165) is 38.7 Å². The van der Waals surface area contributed by atoms with Crippen molar-refractivity contribution in [2.45, 2.75) is 58.3 Å². The summed E-state index contributed by atoms with van der Waals surface area (Å²) in [7, 11) is 0. The molecule has 39 heavy (non-hydrogen) atoms. The summed E-state index contributed by atoms with van der Waals surface area (Å²) in [5.41, 5.74) is 6.89. The van der Waals surface area contributed by atoms with Crippen LogP contribution in [0.25, 0.3) is 10.4 Å². The maximum Gasteiger partial charge on any atom is 0.276 e. The number of hydrogen-bond acceptors (Lipinski definition) is 4. The van der Waals surface area contributed by atoms with Crippen LogP contribution in [-0.2, 0) is 18.3 Å². The SMILES string of the molecule is Cc1ccccc1C(C)(C)Cc1cccc(C(=O)N2CCc3cc(C(=O)CC4CC4)sc3-c3ccccc32)n1. The van der Waals surface area contributed by atoms with Crippen LogP contribution in [0.5, 0.6) is 0 Å². The second-order valence-electron chi connectivity index (χ2n) is 11.6. The molecule has 1 saturated carbocycles. The van der Waals surface area contributed by atoms with Crippen LogP contribution >= 0.6 is 11.3 Å². The average molecular weight is 535 g/mol. The predicted molar refractivity (Wildman–Crippen MR) is 159 cm³/mol. The van der Waals surface area contributed by atoms with Crippen LogP contribution in [-0.4, -0.2) is 23.2 Å². The van der Waals surface area contributed by atoms with Crippen molar-refractivity contribution in [3.63, 3.8) is 0 Å². The molecule has 4 nitrogen and oxygen atoms in total. The average Bonchev–Trinajstić information content (AvgIpc) is 3.67. The molecule has 2 aromatic heterocycles. The molecular weight excluding hydrogens is 500 g/mol. The number of para-hydroxylation sites is 1. The van der Waals surface area contributed by atoms with E-state index in [1.807, 2.05) is 41.3 Å². The summed E-state index contributed by atoms with van der Waals surface area (Å²) >= 11 is 1.58. The molecule has 6 rings (SSSR count). The lowest BCUT2D eigenvalue weighted by Crippen LogP contribution is -2.33. The molecule has 0 atom stereocenters. The molecule has 0 radical (unpaired) electrons. The third-order valence-corrected chi connectivity index (χ3v) is 9.32. The number of amides is 1.